The topological polar surface area (TPSA) is 87.8 Å². The second-order valence-corrected chi connectivity index (χ2v) is 8.20. The summed E-state index contributed by atoms with van der Waals surface area (Å²) in [5, 5.41) is 12.1. The van der Waals surface area contributed by atoms with Crippen molar-refractivity contribution < 1.29 is 13.6 Å². The van der Waals surface area contributed by atoms with Gasteiger partial charge >= 0.3 is 0 Å². The van der Waals surface area contributed by atoms with E-state index in [0.29, 0.717) is 27.9 Å². The molecular formula is C23H13ClF2N4O2S. The molecule has 10 heteroatoms. The van der Waals surface area contributed by atoms with Crippen LogP contribution in [0.3, 0.4) is 0 Å². The summed E-state index contributed by atoms with van der Waals surface area (Å²) in [6.07, 6.45) is 0. The number of nitriles is 1. The Hall–Kier alpha value is -3.74. The van der Waals surface area contributed by atoms with E-state index in [1.54, 1.807) is 30.3 Å². The van der Waals surface area contributed by atoms with Crippen LogP contribution < -0.4 is 10.9 Å². The Morgan fingerprint density at radius 2 is 1.97 bits per heavy atom. The van der Waals surface area contributed by atoms with Crippen LogP contribution in [-0.4, -0.2) is 21.2 Å². The number of hydrogen-bond donors (Lipinski definition) is 1. The number of carbonyl (C=O) groups excluding carboxylic acids is 1. The van der Waals surface area contributed by atoms with Crippen LogP contribution in [0.15, 0.2) is 70.6 Å². The van der Waals surface area contributed by atoms with Crippen molar-refractivity contribution in [1.82, 2.24) is 9.55 Å². The quantitative estimate of drug-likeness (QED) is 0.322. The Kier molecular flexibility index (Phi) is 6.40. The number of fused-ring (bicyclic) bond motifs is 1. The lowest BCUT2D eigenvalue weighted by Gasteiger charge is -2.14. The van der Waals surface area contributed by atoms with Gasteiger partial charge in [-0.2, -0.15) is 5.26 Å². The summed E-state index contributed by atoms with van der Waals surface area (Å²) in [5.41, 5.74) is 0.310. The van der Waals surface area contributed by atoms with Gasteiger partial charge in [0, 0.05) is 16.8 Å². The monoisotopic (exact) mass is 482 g/mol. The number of hydrogen-bond acceptors (Lipinski definition) is 5. The van der Waals surface area contributed by atoms with Crippen LogP contribution in [0.4, 0.5) is 14.5 Å². The van der Waals surface area contributed by atoms with Gasteiger partial charge in [-0.05, 0) is 48.5 Å². The van der Waals surface area contributed by atoms with Gasteiger partial charge < -0.3 is 5.32 Å². The van der Waals surface area contributed by atoms with Gasteiger partial charge in [-0.25, -0.2) is 13.8 Å². The molecule has 1 N–H and O–H groups in total. The fourth-order valence-corrected chi connectivity index (χ4v) is 4.08. The maximum absolute atomic E-state index is 14.6. The minimum absolute atomic E-state index is 0.0428. The zero-order valence-electron chi connectivity index (χ0n) is 16.7. The first kappa shape index (κ1) is 22.5. The van der Waals surface area contributed by atoms with Gasteiger partial charge in [0.1, 0.15) is 11.6 Å². The maximum Gasteiger partial charge on any atom is 0.266 e. The SMILES string of the molecule is N#Cc1cccc(NC(=O)CSc2nc3ccc(Cl)cc3c(=O)n2-c2ccc(F)cc2F)c1. The summed E-state index contributed by atoms with van der Waals surface area (Å²) >= 11 is 6.91. The molecule has 6 nitrogen and oxygen atoms in total. The Morgan fingerprint density at radius 3 is 2.73 bits per heavy atom. The molecule has 0 spiro atoms. The van der Waals surface area contributed by atoms with Crippen LogP contribution in [-0.2, 0) is 4.79 Å². The molecule has 0 bridgehead atoms. The van der Waals surface area contributed by atoms with Crippen molar-refractivity contribution >= 4 is 45.9 Å². The summed E-state index contributed by atoms with van der Waals surface area (Å²) in [6.45, 7) is 0. The third-order valence-electron chi connectivity index (χ3n) is 4.56. The predicted octanol–water partition coefficient (Wildman–Crippen LogP) is 4.92. The van der Waals surface area contributed by atoms with E-state index in [1.807, 2.05) is 6.07 Å². The van der Waals surface area contributed by atoms with Gasteiger partial charge in [-0.3, -0.25) is 14.2 Å². The first-order valence-corrected chi connectivity index (χ1v) is 10.8. The molecule has 0 unspecified atom stereocenters. The number of halogens is 3. The third kappa shape index (κ3) is 4.87. The predicted molar refractivity (Wildman–Crippen MR) is 123 cm³/mol. The van der Waals surface area contributed by atoms with Gasteiger partial charge in [0.15, 0.2) is 5.16 Å². The lowest BCUT2D eigenvalue weighted by Crippen LogP contribution is -2.24. The van der Waals surface area contributed by atoms with Crippen molar-refractivity contribution in [3.05, 3.63) is 93.2 Å². The molecule has 1 aromatic heterocycles. The fraction of sp³-hybridized carbons (Fsp3) is 0.0435. The number of amides is 1. The summed E-state index contributed by atoms with van der Waals surface area (Å²) in [4.78, 5) is 30.1. The summed E-state index contributed by atoms with van der Waals surface area (Å²) in [7, 11) is 0. The second kappa shape index (κ2) is 9.40. The average molecular weight is 483 g/mol. The Balaban J connectivity index is 1.71. The normalized spacial score (nSPS) is 10.7. The Labute approximate surface area is 195 Å². The average Bonchev–Trinajstić information content (AvgIpc) is 2.79. The van der Waals surface area contributed by atoms with Crippen molar-refractivity contribution in [2.24, 2.45) is 0 Å². The van der Waals surface area contributed by atoms with E-state index in [9.17, 15) is 18.4 Å². The molecule has 4 aromatic rings. The third-order valence-corrected chi connectivity index (χ3v) is 5.73. The Morgan fingerprint density at radius 1 is 1.15 bits per heavy atom. The zero-order valence-corrected chi connectivity index (χ0v) is 18.3. The van der Waals surface area contributed by atoms with Crippen molar-refractivity contribution in [2.75, 3.05) is 11.1 Å². The maximum atomic E-state index is 14.6. The molecule has 0 atom stereocenters. The highest BCUT2D eigenvalue weighted by molar-refractivity contribution is 7.99. The molecule has 0 saturated carbocycles. The lowest BCUT2D eigenvalue weighted by atomic mass is 10.2. The van der Waals surface area contributed by atoms with Gasteiger partial charge in [-0.15, -0.1) is 0 Å². The van der Waals surface area contributed by atoms with Crippen molar-refractivity contribution in [2.45, 2.75) is 5.16 Å². The molecule has 0 radical (unpaired) electrons. The molecule has 3 aromatic carbocycles. The summed E-state index contributed by atoms with van der Waals surface area (Å²) < 4.78 is 29.0. The number of aromatic nitrogens is 2. The second-order valence-electron chi connectivity index (χ2n) is 6.82. The zero-order chi connectivity index (χ0) is 23.5. The van der Waals surface area contributed by atoms with Crippen LogP contribution in [0.1, 0.15) is 5.56 Å². The molecule has 1 amide bonds. The minimum Gasteiger partial charge on any atom is -0.325 e. The van der Waals surface area contributed by atoms with Gasteiger partial charge in [-0.1, -0.05) is 29.4 Å². The smallest absolute Gasteiger partial charge is 0.266 e. The first-order valence-electron chi connectivity index (χ1n) is 9.46. The number of nitrogens with zero attached hydrogens (tertiary/aromatic N) is 3. The van der Waals surface area contributed by atoms with Crippen LogP contribution in [0.5, 0.6) is 0 Å². The van der Waals surface area contributed by atoms with E-state index < -0.39 is 23.1 Å². The van der Waals surface area contributed by atoms with Crippen LogP contribution in [0, 0.1) is 23.0 Å². The van der Waals surface area contributed by atoms with Crippen molar-refractivity contribution in [1.29, 1.82) is 5.26 Å². The lowest BCUT2D eigenvalue weighted by molar-refractivity contribution is -0.113. The molecule has 0 aliphatic carbocycles. The number of benzene rings is 3. The van der Waals surface area contributed by atoms with E-state index in [4.69, 9.17) is 16.9 Å². The molecule has 0 fully saturated rings. The first-order chi connectivity index (χ1) is 15.9. The van der Waals surface area contributed by atoms with Crippen molar-refractivity contribution in [3.8, 4) is 11.8 Å². The van der Waals surface area contributed by atoms with E-state index in [-0.39, 0.29) is 22.0 Å². The van der Waals surface area contributed by atoms with Gasteiger partial charge in [0.25, 0.3) is 5.56 Å². The molecule has 4 rings (SSSR count). The Bertz CT molecular complexity index is 1500. The highest BCUT2D eigenvalue weighted by atomic mass is 35.5. The number of carbonyl (C=O) groups is 1. The fourth-order valence-electron chi connectivity index (χ4n) is 3.10. The molecule has 0 saturated heterocycles. The molecule has 164 valence electrons. The van der Waals surface area contributed by atoms with Crippen LogP contribution >= 0.6 is 23.4 Å². The highest BCUT2D eigenvalue weighted by Crippen LogP contribution is 2.25. The van der Waals surface area contributed by atoms with Gasteiger partial charge in [0.2, 0.25) is 5.91 Å². The molecule has 33 heavy (non-hydrogen) atoms. The standard InChI is InChI=1S/C23H13ClF2N4O2S/c24-14-4-6-19-17(9-14)22(32)30(20-7-5-15(25)10-18(20)26)23(29-19)33-12-21(31)28-16-3-1-2-13(8-16)11-27/h1-10H,12H2,(H,28,31). The molecule has 1 heterocycles. The number of rotatable bonds is 5. The van der Waals surface area contributed by atoms with E-state index in [2.05, 4.69) is 10.3 Å². The van der Waals surface area contributed by atoms with E-state index in [1.165, 1.54) is 12.1 Å². The summed E-state index contributed by atoms with van der Waals surface area (Å²) in [6, 6.07) is 15.7. The molecule has 0 aliphatic heterocycles. The van der Waals surface area contributed by atoms with Crippen molar-refractivity contribution in [3.63, 3.8) is 0 Å². The number of anilines is 1. The van der Waals surface area contributed by atoms with Crippen LogP contribution in [0.25, 0.3) is 16.6 Å². The largest absolute Gasteiger partial charge is 0.325 e. The minimum atomic E-state index is -0.958. The summed E-state index contributed by atoms with van der Waals surface area (Å²) in [5.74, 6) is -2.34. The number of nitrogens with one attached hydrogen (secondary N) is 1. The van der Waals surface area contributed by atoms with Gasteiger partial charge in [0.05, 0.1) is 34.0 Å². The highest BCUT2D eigenvalue weighted by Gasteiger charge is 2.18. The van der Waals surface area contributed by atoms with Crippen LogP contribution in [0.2, 0.25) is 5.02 Å². The van der Waals surface area contributed by atoms with E-state index in [0.717, 1.165) is 28.5 Å². The van der Waals surface area contributed by atoms with E-state index >= 15 is 0 Å². The number of thioether (sulfide) groups is 1. The molecular weight excluding hydrogens is 470 g/mol. The molecule has 0 aliphatic rings.